The third-order valence-electron chi connectivity index (χ3n) is 3.28. The summed E-state index contributed by atoms with van der Waals surface area (Å²) in [4.78, 5) is 0. The van der Waals surface area contributed by atoms with E-state index in [4.69, 9.17) is 28.9 Å². The first-order chi connectivity index (χ1) is 9.47. The van der Waals surface area contributed by atoms with Gasteiger partial charge in [0.2, 0.25) is 0 Å². The van der Waals surface area contributed by atoms with E-state index < -0.39 is 0 Å². The molecular formula is C17H19Cl2N. The molecule has 2 N–H and O–H groups in total. The van der Waals surface area contributed by atoms with Crippen molar-refractivity contribution >= 4 is 23.2 Å². The standard InChI is InChI=1S/C17H19Cl2N/c1-11(2)9-12-3-5-13(6-4-12)17(20)15-10-14(18)7-8-16(15)19/h3-8,10-11,17H,9,20H2,1-2H3. The van der Waals surface area contributed by atoms with Crippen LogP contribution in [0.5, 0.6) is 0 Å². The molecule has 3 heteroatoms. The lowest BCUT2D eigenvalue weighted by Crippen LogP contribution is -2.12. The predicted octanol–water partition coefficient (Wildman–Crippen LogP) is 5.24. The fourth-order valence-electron chi connectivity index (χ4n) is 2.26. The van der Waals surface area contributed by atoms with Crippen molar-refractivity contribution in [3.63, 3.8) is 0 Å². The van der Waals surface area contributed by atoms with E-state index in [1.165, 1.54) is 5.56 Å². The van der Waals surface area contributed by atoms with Gasteiger partial charge in [0.1, 0.15) is 0 Å². The van der Waals surface area contributed by atoms with Crippen LogP contribution in [0.15, 0.2) is 42.5 Å². The molecule has 1 nitrogen and oxygen atoms in total. The minimum absolute atomic E-state index is 0.255. The Morgan fingerprint density at radius 2 is 1.65 bits per heavy atom. The highest BCUT2D eigenvalue weighted by Crippen LogP contribution is 2.29. The van der Waals surface area contributed by atoms with E-state index in [1.807, 2.05) is 6.07 Å². The number of hydrogen-bond donors (Lipinski definition) is 1. The predicted molar refractivity (Wildman–Crippen MR) is 87.5 cm³/mol. The molecule has 20 heavy (non-hydrogen) atoms. The maximum Gasteiger partial charge on any atom is 0.0566 e. The molecule has 0 heterocycles. The van der Waals surface area contributed by atoms with E-state index in [0.29, 0.717) is 16.0 Å². The van der Waals surface area contributed by atoms with Crippen molar-refractivity contribution in [3.8, 4) is 0 Å². The summed E-state index contributed by atoms with van der Waals surface area (Å²) in [5, 5.41) is 1.30. The average molecular weight is 308 g/mol. The minimum atomic E-state index is -0.255. The molecule has 2 rings (SSSR count). The molecule has 0 bridgehead atoms. The van der Waals surface area contributed by atoms with Crippen molar-refractivity contribution in [3.05, 3.63) is 69.2 Å². The summed E-state index contributed by atoms with van der Waals surface area (Å²) in [5.74, 6) is 0.650. The highest BCUT2D eigenvalue weighted by molar-refractivity contribution is 6.33. The van der Waals surface area contributed by atoms with Gasteiger partial charge in [-0.05, 0) is 47.2 Å². The molecule has 1 unspecified atom stereocenters. The molecule has 106 valence electrons. The Balaban J connectivity index is 2.24. The van der Waals surface area contributed by atoms with Crippen LogP contribution in [0.1, 0.15) is 36.6 Å². The topological polar surface area (TPSA) is 26.0 Å². The molecule has 0 spiro atoms. The van der Waals surface area contributed by atoms with Crippen LogP contribution >= 0.6 is 23.2 Å². The van der Waals surface area contributed by atoms with Crippen LogP contribution in [0.2, 0.25) is 10.0 Å². The number of rotatable bonds is 4. The fraction of sp³-hybridized carbons (Fsp3) is 0.294. The van der Waals surface area contributed by atoms with E-state index >= 15 is 0 Å². The zero-order chi connectivity index (χ0) is 14.7. The SMILES string of the molecule is CC(C)Cc1ccc(C(N)c2cc(Cl)ccc2Cl)cc1. The van der Waals surface area contributed by atoms with Gasteiger partial charge in [0.05, 0.1) is 6.04 Å². The first-order valence-electron chi connectivity index (χ1n) is 6.76. The van der Waals surface area contributed by atoms with E-state index in [1.54, 1.807) is 12.1 Å². The van der Waals surface area contributed by atoms with E-state index in [2.05, 4.69) is 38.1 Å². The molecule has 0 aliphatic carbocycles. The summed E-state index contributed by atoms with van der Waals surface area (Å²) in [6, 6.07) is 13.5. The maximum atomic E-state index is 6.29. The molecule has 2 aromatic carbocycles. The minimum Gasteiger partial charge on any atom is -0.320 e. The van der Waals surface area contributed by atoms with Gasteiger partial charge in [-0.25, -0.2) is 0 Å². The summed E-state index contributed by atoms with van der Waals surface area (Å²) in [7, 11) is 0. The Kier molecular flexibility index (Phi) is 5.09. The maximum absolute atomic E-state index is 6.29. The summed E-state index contributed by atoms with van der Waals surface area (Å²) >= 11 is 12.2. The van der Waals surface area contributed by atoms with Crippen molar-refractivity contribution in [1.82, 2.24) is 0 Å². The molecule has 1 atom stereocenters. The summed E-state index contributed by atoms with van der Waals surface area (Å²) in [5.41, 5.74) is 9.52. The lowest BCUT2D eigenvalue weighted by atomic mass is 9.96. The quantitative estimate of drug-likeness (QED) is 0.821. The molecule has 2 aromatic rings. The second-order valence-electron chi connectivity index (χ2n) is 5.48. The van der Waals surface area contributed by atoms with Gasteiger partial charge < -0.3 is 5.73 Å². The zero-order valence-electron chi connectivity index (χ0n) is 11.7. The number of nitrogens with two attached hydrogens (primary N) is 1. The van der Waals surface area contributed by atoms with Crippen LogP contribution < -0.4 is 5.73 Å². The summed E-state index contributed by atoms with van der Waals surface area (Å²) < 4.78 is 0. The lowest BCUT2D eigenvalue weighted by Gasteiger charge is -2.15. The number of halogens is 2. The van der Waals surface area contributed by atoms with Crippen LogP contribution in [0.4, 0.5) is 0 Å². The second-order valence-corrected chi connectivity index (χ2v) is 6.33. The Morgan fingerprint density at radius 1 is 1.00 bits per heavy atom. The largest absolute Gasteiger partial charge is 0.320 e. The Labute approximate surface area is 130 Å². The van der Waals surface area contributed by atoms with Gasteiger partial charge in [0, 0.05) is 10.0 Å². The third kappa shape index (κ3) is 3.76. The van der Waals surface area contributed by atoms with Gasteiger partial charge >= 0.3 is 0 Å². The van der Waals surface area contributed by atoms with Gasteiger partial charge in [-0.2, -0.15) is 0 Å². The molecule has 0 aliphatic rings. The Hall–Kier alpha value is -1.02. The lowest BCUT2D eigenvalue weighted by molar-refractivity contribution is 0.647. The van der Waals surface area contributed by atoms with Crippen molar-refractivity contribution < 1.29 is 0 Å². The normalized spacial score (nSPS) is 12.7. The molecular weight excluding hydrogens is 289 g/mol. The highest BCUT2D eigenvalue weighted by atomic mass is 35.5. The van der Waals surface area contributed by atoms with Crippen LogP contribution in [-0.2, 0) is 6.42 Å². The van der Waals surface area contributed by atoms with Crippen LogP contribution in [-0.4, -0.2) is 0 Å². The molecule has 0 fully saturated rings. The van der Waals surface area contributed by atoms with Gasteiger partial charge in [-0.3, -0.25) is 0 Å². The highest BCUT2D eigenvalue weighted by Gasteiger charge is 2.13. The van der Waals surface area contributed by atoms with Gasteiger partial charge in [0.15, 0.2) is 0 Å². The van der Waals surface area contributed by atoms with E-state index in [0.717, 1.165) is 17.5 Å². The number of benzene rings is 2. The second kappa shape index (κ2) is 6.62. The van der Waals surface area contributed by atoms with Crippen molar-refractivity contribution in [2.45, 2.75) is 26.3 Å². The smallest absolute Gasteiger partial charge is 0.0566 e. The molecule has 0 aliphatic heterocycles. The van der Waals surface area contributed by atoms with Crippen molar-refractivity contribution in [1.29, 1.82) is 0 Å². The average Bonchev–Trinajstić information content (AvgIpc) is 2.41. The van der Waals surface area contributed by atoms with Gasteiger partial charge in [-0.15, -0.1) is 0 Å². The summed E-state index contributed by atoms with van der Waals surface area (Å²) in [6.45, 7) is 4.43. The van der Waals surface area contributed by atoms with Crippen LogP contribution in [0.25, 0.3) is 0 Å². The first kappa shape index (κ1) is 15.4. The monoisotopic (exact) mass is 307 g/mol. The van der Waals surface area contributed by atoms with Crippen LogP contribution in [0, 0.1) is 5.92 Å². The van der Waals surface area contributed by atoms with Gasteiger partial charge in [0.25, 0.3) is 0 Å². The van der Waals surface area contributed by atoms with Gasteiger partial charge in [-0.1, -0.05) is 61.3 Å². The molecule has 0 aromatic heterocycles. The van der Waals surface area contributed by atoms with Crippen molar-refractivity contribution in [2.75, 3.05) is 0 Å². The van der Waals surface area contributed by atoms with E-state index in [-0.39, 0.29) is 6.04 Å². The zero-order valence-corrected chi connectivity index (χ0v) is 13.2. The molecule has 0 saturated heterocycles. The number of hydrogen-bond acceptors (Lipinski definition) is 1. The van der Waals surface area contributed by atoms with E-state index in [9.17, 15) is 0 Å². The molecule has 0 saturated carbocycles. The fourth-order valence-corrected chi connectivity index (χ4v) is 2.68. The van der Waals surface area contributed by atoms with Crippen LogP contribution in [0.3, 0.4) is 0 Å². The summed E-state index contributed by atoms with van der Waals surface area (Å²) in [6.07, 6.45) is 1.08. The first-order valence-corrected chi connectivity index (χ1v) is 7.52. The Bertz CT molecular complexity index is 576. The molecule has 0 radical (unpaired) electrons. The third-order valence-corrected chi connectivity index (χ3v) is 3.86. The van der Waals surface area contributed by atoms with Crippen molar-refractivity contribution in [2.24, 2.45) is 11.7 Å². The Morgan fingerprint density at radius 3 is 2.25 bits per heavy atom. The molecule has 0 amide bonds.